The lowest BCUT2D eigenvalue weighted by molar-refractivity contribution is -0.267. The molecular formula is C21H37NO8. The minimum absolute atomic E-state index is 0.000752. The van der Waals surface area contributed by atoms with E-state index in [1.54, 1.807) is 6.92 Å². The molecule has 9 heteroatoms. The molecule has 1 aliphatic heterocycles. The van der Waals surface area contributed by atoms with E-state index in [-0.39, 0.29) is 24.4 Å². The Bertz CT molecular complexity index is 585. The number of ether oxygens (including phenoxy) is 2. The van der Waals surface area contributed by atoms with E-state index in [1.807, 2.05) is 0 Å². The van der Waals surface area contributed by atoms with Crippen LogP contribution in [0.4, 0.5) is 4.79 Å². The zero-order chi connectivity index (χ0) is 22.6. The van der Waals surface area contributed by atoms with Gasteiger partial charge < -0.3 is 29.9 Å². The largest absolute Gasteiger partial charge is 0.445 e. The van der Waals surface area contributed by atoms with Crippen molar-refractivity contribution < 1.29 is 39.5 Å². The molecule has 0 radical (unpaired) electrons. The minimum atomic E-state index is -1.76. The van der Waals surface area contributed by atoms with Crippen molar-refractivity contribution >= 4 is 12.0 Å². The van der Waals surface area contributed by atoms with E-state index in [0.717, 1.165) is 12.8 Å². The fourth-order valence-electron chi connectivity index (χ4n) is 4.52. The fourth-order valence-corrected chi connectivity index (χ4v) is 4.52. The van der Waals surface area contributed by atoms with Gasteiger partial charge in [-0.1, -0.05) is 34.1 Å². The molecule has 1 saturated heterocycles. The summed E-state index contributed by atoms with van der Waals surface area (Å²) >= 11 is 0. The van der Waals surface area contributed by atoms with Gasteiger partial charge in [-0.3, -0.25) is 4.79 Å². The van der Waals surface area contributed by atoms with Crippen LogP contribution < -0.4 is 0 Å². The zero-order valence-electron chi connectivity index (χ0n) is 18.3. The van der Waals surface area contributed by atoms with E-state index in [1.165, 1.54) is 0 Å². The summed E-state index contributed by atoms with van der Waals surface area (Å²) in [5.74, 6) is 0.180. The summed E-state index contributed by atoms with van der Waals surface area (Å²) in [7, 11) is 0. The lowest BCUT2D eigenvalue weighted by Gasteiger charge is -2.44. The SMILES string of the molecule is CCCC(=O)N(C(=O)O[C@@H]1C[C@H](C)CC[C@H]1C(C)C)[C@H]1C(O)O[C@H](CO)[C@@H](O)[C@@H]1O. The van der Waals surface area contributed by atoms with Gasteiger partial charge in [0.1, 0.15) is 30.5 Å². The first-order chi connectivity index (χ1) is 14.1. The van der Waals surface area contributed by atoms with Gasteiger partial charge in [-0.2, -0.15) is 0 Å². The van der Waals surface area contributed by atoms with E-state index in [4.69, 9.17) is 9.47 Å². The third kappa shape index (κ3) is 5.50. The van der Waals surface area contributed by atoms with Crippen LogP contribution in [0.5, 0.6) is 0 Å². The molecule has 1 aliphatic carbocycles. The van der Waals surface area contributed by atoms with Gasteiger partial charge in [0.2, 0.25) is 5.91 Å². The summed E-state index contributed by atoms with van der Waals surface area (Å²) in [6.07, 6.45) is -4.53. The Morgan fingerprint density at radius 2 is 1.83 bits per heavy atom. The van der Waals surface area contributed by atoms with Gasteiger partial charge >= 0.3 is 6.09 Å². The highest BCUT2D eigenvalue weighted by Crippen LogP contribution is 2.36. The molecule has 30 heavy (non-hydrogen) atoms. The van der Waals surface area contributed by atoms with Crippen LogP contribution in [-0.2, 0) is 14.3 Å². The van der Waals surface area contributed by atoms with Crippen LogP contribution in [0.1, 0.15) is 59.8 Å². The van der Waals surface area contributed by atoms with Gasteiger partial charge in [-0.25, -0.2) is 9.69 Å². The molecule has 174 valence electrons. The number of carbonyl (C=O) groups is 2. The summed E-state index contributed by atoms with van der Waals surface area (Å²) in [6.45, 7) is 7.35. The Labute approximate surface area is 178 Å². The van der Waals surface area contributed by atoms with Crippen molar-refractivity contribution in [1.29, 1.82) is 0 Å². The molecule has 2 fully saturated rings. The molecule has 0 aromatic rings. The number of carbonyl (C=O) groups excluding carboxylic acids is 2. The Hall–Kier alpha value is -1.26. The van der Waals surface area contributed by atoms with E-state index in [2.05, 4.69) is 20.8 Å². The molecule has 9 nitrogen and oxygen atoms in total. The molecule has 0 aromatic heterocycles. The van der Waals surface area contributed by atoms with Gasteiger partial charge in [0, 0.05) is 6.42 Å². The second kappa shape index (κ2) is 10.9. The summed E-state index contributed by atoms with van der Waals surface area (Å²) in [5.41, 5.74) is 0. The van der Waals surface area contributed by atoms with Crippen LogP contribution in [0, 0.1) is 17.8 Å². The number of hydrogen-bond acceptors (Lipinski definition) is 8. The van der Waals surface area contributed by atoms with Crippen molar-refractivity contribution in [2.45, 2.75) is 96.5 Å². The predicted molar refractivity (Wildman–Crippen MR) is 107 cm³/mol. The monoisotopic (exact) mass is 431 g/mol. The third-order valence-electron chi connectivity index (χ3n) is 6.31. The molecule has 0 spiro atoms. The van der Waals surface area contributed by atoms with Crippen molar-refractivity contribution in [3.8, 4) is 0 Å². The predicted octanol–water partition coefficient (Wildman–Crippen LogP) is 1.01. The van der Waals surface area contributed by atoms with Crippen molar-refractivity contribution in [1.82, 2.24) is 4.90 Å². The number of imide groups is 1. The van der Waals surface area contributed by atoms with Crippen LogP contribution in [0.15, 0.2) is 0 Å². The van der Waals surface area contributed by atoms with Gasteiger partial charge in [-0.05, 0) is 37.0 Å². The summed E-state index contributed by atoms with van der Waals surface area (Å²) in [5, 5.41) is 40.4. The van der Waals surface area contributed by atoms with E-state index in [9.17, 15) is 30.0 Å². The fraction of sp³-hybridized carbons (Fsp3) is 0.905. The maximum Gasteiger partial charge on any atom is 0.417 e. The normalized spacial score (nSPS) is 37.1. The number of aliphatic hydroxyl groups is 4. The Morgan fingerprint density at radius 1 is 1.17 bits per heavy atom. The van der Waals surface area contributed by atoms with Crippen LogP contribution >= 0.6 is 0 Å². The van der Waals surface area contributed by atoms with Gasteiger partial charge in [0.15, 0.2) is 6.29 Å². The first-order valence-corrected chi connectivity index (χ1v) is 10.9. The molecule has 1 unspecified atom stereocenters. The van der Waals surface area contributed by atoms with Gasteiger partial charge in [-0.15, -0.1) is 0 Å². The van der Waals surface area contributed by atoms with Gasteiger partial charge in [0.05, 0.1) is 6.61 Å². The van der Waals surface area contributed by atoms with Gasteiger partial charge in [0.25, 0.3) is 0 Å². The second-order valence-electron chi connectivity index (χ2n) is 8.98. The lowest BCUT2D eigenvalue weighted by Crippen LogP contribution is -2.66. The highest BCUT2D eigenvalue weighted by molar-refractivity contribution is 5.92. The topological polar surface area (TPSA) is 137 Å². The van der Waals surface area contributed by atoms with Crippen LogP contribution in [0.2, 0.25) is 0 Å². The average molecular weight is 432 g/mol. The van der Waals surface area contributed by atoms with Crippen LogP contribution in [0.25, 0.3) is 0 Å². The first-order valence-electron chi connectivity index (χ1n) is 10.9. The summed E-state index contributed by atoms with van der Waals surface area (Å²) in [4.78, 5) is 26.6. The average Bonchev–Trinajstić information content (AvgIpc) is 2.67. The van der Waals surface area contributed by atoms with E-state index >= 15 is 0 Å². The Balaban J connectivity index is 2.27. The second-order valence-corrected chi connectivity index (χ2v) is 8.98. The molecular weight excluding hydrogens is 394 g/mol. The molecule has 4 N–H and O–H groups in total. The number of hydrogen-bond donors (Lipinski definition) is 4. The smallest absolute Gasteiger partial charge is 0.417 e. The quantitative estimate of drug-likeness (QED) is 0.489. The third-order valence-corrected chi connectivity index (χ3v) is 6.31. The molecule has 0 bridgehead atoms. The highest BCUT2D eigenvalue weighted by atomic mass is 16.6. The number of rotatable bonds is 6. The minimum Gasteiger partial charge on any atom is -0.445 e. The summed E-state index contributed by atoms with van der Waals surface area (Å²) < 4.78 is 10.9. The number of amides is 2. The first kappa shape index (κ1) is 25.0. The summed E-state index contributed by atoms with van der Waals surface area (Å²) in [6, 6.07) is -1.53. The molecule has 1 heterocycles. The van der Waals surface area contributed by atoms with Crippen LogP contribution in [0.3, 0.4) is 0 Å². The highest BCUT2D eigenvalue weighted by Gasteiger charge is 2.50. The van der Waals surface area contributed by atoms with Crippen molar-refractivity contribution in [3.05, 3.63) is 0 Å². The molecule has 2 rings (SSSR count). The number of aliphatic hydroxyl groups excluding tert-OH is 4. The maximum absolute atomic E-state index is 13.1. The number of nitrogens with zero attached hydrogens (tertiary/aromatic N) is 1. The molecule has 8 atom stereocenters. The molecule has 0 aromatic carbocycles. The molecule has 1 saturated carbocycles. The Kier molecular flexibility index (Phi) is 9.05. The van der Waals surface area contributed by atoms with E-state index in [0.29, 0.717) is 23.7 Å². The zero-order valence-corrected chi connectivity index (χ0v) is 18.3. The van der Waals surface area contributed by atoms with Crippen LogP contribution in [-0.4, -0.2) is 80.7 Å². The Morgan fingerprint density at radius 3 is 2.40 bits per heavy atom. The standard InChI is InChI=1S/C21H37NO8/c1-5-6-16(24)22(17-19(26)18(25)15(10-23)29-20(17)27)21(28)30-14-9-12(4)7-8-13(14)11(2)3/h11-15,17-20,23,25-27H,5-10H2,1-4H3/t12-,13+,14-,15-,17-,18-,19-,20?/m1/s1. The molecule has 2 aliphatic rings. The van der Waals surface area contributed by atoms with Crippen molar-refractivity contribution in [2.75, 3.05) is 6.61 Å². The molecule has 2 amide bonds. The van der Waals surface area contributed by atoms with Crippen molar-refractivity contribution in [3.63, 3.8) is 0 Å². The van der Waals surface area contributed by atoms with Crippen molar-refractivity contribution in [2.24, 2.45) is 17.8 Å². The lowest BCUT2D eigenvalue weighted by atomic mass is 9.75. The maximum atomic E-state index is 13.1. The van der Waals surface area contributed by atoms with E-state index < -0.39 is 49.3 Å².